The van der Waals surface area contributed by atoms with Gasteiger partial charge in [-0.05, 0) is 45.1 Å². The van der Waals surface area contributed by atoms with Crippen LogP contribution in [-0.2, 0) is 4.79 Å². The number of nitrogens with one attached hydrogen (secondary N) is 2. The van der Waals surface area contributed by atoms with E-state index in [0.29, 0.717) is 12.0 Å². The summed E-state index contributed by atoms with van der Waals surface area (Å²) in [5, 5.41) is 15.0. The molecule has 0 heterocycles. The first-order chi connectivity index (χ1) is 7.63. The molecule has 1 fully saturated rings. The summed E-state index contributed by atoms with van der Waals surface area (Å²) in [6.45, 7) is 5.01. The van der Waals surface area contributed by atoms with Crippen molar-refractivity contribution < 1.29 is 9.90 Å². The molecule has 0 bridgehead atoms. The second-order valence-corrected chi connectivity index (χ2v) is 4.89. The van der Waals surface area contributed by atoms with Gasteiger partial charge in [0.1, 0.15) is 0 Å². The minimum absolute atomic E-state index is 0.106. The highest BCUT2D eigenvalue weighted by Crippen LogP contribution is 2.18. The van der Waals surface area contributed by atoms with Gasteiger partial charge >= 0.3 is 0 Å². The van der Waals surface area contributed by atoms with Crippen LogP contribution in [0.2, 0.25) is 0 Å². The fraction of sp³-hybridized carbons (Fsp3) is 0.917. The third-order valence-corrected chi connectivity index (χ3v) is 2.95. The number of hydrogen-bond acceptors (Lipinski definition) is 3. The van der Waals surface area contributed by atoms with E-state index in [2.05, 4.69) is 10.6 Å². The molecular weight excluding hydrogens is 204 g/mol. The zero-order valence-corrected chi connectivity index (χ0v) is 10.3. The maximum atomic E-state index is 11.6. The first-order valence-corrected chi connectivity index (χ1v) is 6.28. The maximum absolute atomic E-state index is 11.6. The van der Waals surface area contributed by atoms with Crippen LogP contribution in [0.3, 0.4) is 0 Å². The normalized spacial score (nSPS) is 19.2. The van der Waals surface area contributed by atoms with E-state index in [1.807, 2.05) is 13.8 Å². The number of hydrogen-bond donors (Lipinski definition) is 3. The Hall–Kier alpha value is -0.610. The van der Waals surface area contributed by atoms with E-state index in [0.717, 1.165) is 32.2 Å². The lowest BCUT2D eigenvalue weighted by atomic mass is 10.1. The van der Waals surface area contributed by atoms with E-state index in [1.54, 1.807) is 0 Å². The Morgan fingerprint density at radius 1 is 1.44 bits per heavy atom. The van der Waals surface area contributed by atoms with Gasteiger partial charge < -0.3 is 15.7 Å². The first kappa shape index (κ1) is 13.5. The second kappa shape index (κ2) is 6.86. The minimum atomic E-state index is -0.106. The predicted octanol–water partition coefficient (Wildman–Crippen LogP) is 0.652. The van der Waals surface area contributed by atoms with Crippen molar-refractivity contribution in [3.8, 4) is 0 Å². The third kappa shape index (κ3) is 5.47. The van der Waals surface area contributed by atoms with Crippen LogP contribution in [0.15, 0.2) is 0 Å². The van der Waals surface area contributed by atoms with Gasteiger partial charge in [0.25, 0.3) is 0 Å². The largest absolute Gasteiger partial charge is 0.396 e. The SMILES string of the molecule is CC(CO)CCCNC(C)C(=O)NC1CC1. The van der Waals surface area contributed by atoms with Crippen molar-refractivity contribution in [2.24, 2.45) is 5.92 Å². The summed E-state index contributed by atoms with van der Waals surface area (Å²) in [6, 6.07) is 0.330. The van der Waals surface area contributed by atoms with Crippen LogP contribution in [0.25, 0.3) is 0 Å². The van der Waals surface area contributed by atoms with Crippen molar-refractivity contribution in [2.45, 2.75) is 51.6 Å². The number of carbonyl (C=O) groups is 1. The van der Waals surface area contributed by atoms with Crippen molar-refractivity contribution >= 4 is 5.91 Å². The topological polar surface area (TPSA) is 61.4 Å². The Labute approximate surface area is 97.8 Å². The molecule has 2 unspecified atom stereocenters. The van der Waals surface area contributed by atoms with Gasteiger partial charge in [0, 0.05) is 12.6 Å². The number of rotatable bonds is 8. The van der Waals surface area contributed by atoms with Crippen LogP contribution in [0.4, 0.5) is 0 Å². The molecular formula is C12H24N2O2. The highest BCUT2D eigenvalue weighted by atomic mass is 16.3. The van der Waals surface area contributed by atoms with Gasteiger partial charge in [0.2, 0.25) is 5.91 Å². The van der Waals surface area contributed by atoms with Gasteiger partial charge in [-0.15, -0.1) is 0 Å². The van der Waals surface area contributed by atoms with Crippen molar-refractivity contribution in [3.63, 3.8) is 0 Å². The molecule has 94 valence electrons. The van der Waals surface area contributed by atoms with Gasteiger partial charge in [-0.1, -0.05) is 6.92 Å². The van der Waals surface area contributed by atoms with Crippen LogP contribution in [0.1, 0.15) is 39.5 Å². The molecule has 0 aromatic carbocycles. The lowest BCUT2D eigenvalue weighted by Crippen LogP contribution is -2.43. The van der Waals surface area contributed by atoms with Crippen LogP contribution >= 0.6 is 0 Å². The summed E-state index contributed by atoms with van der Waals surface area (Å²) < 4.78 is 0. The van der Waals surface area contributed by atoms with Gasteiger partial charge in [0.05, 0.1) is 6.04 Å². The standard InChI is InChI=1S/C12H24N2O2/c1-9(8-15)4-3-7-13-10(2)12(16)14-11-5-6-11/h9-11,13,15H,3-8H2,1-2H3,(H,14,16). The molecule has 0 aromatic rings. The summed E-state index contributed by atoms with van der Waals surface area (Å²) in [4.78, 5) is 11.6. The molecule has 0 spiro atoms. The van der Waals surface area contributed by atoms with E-state index >= 15 is 0 Å². The molecule has 4 heteroatoms. The van der Waals surface area contributed by atoms with Gasteiger partial charge in [-0.2, -0.15) is 0 Å². The molecule has 0 saturated heterocycles. The zero-order chi connectivity index (χ0) is 12.0. The van der Waals surface area contributed by atoms with Crippen LogP contribution in [0.5, 0.6) is 0 Å². The van der Waals surface area contributed by atoms with Crippen LogP contribution in [-0.4, -0.2) is 36.2 Å². The summed E-state index contributed by atoms with van der Waals surface area (Å²) >= 11 is 0. The van der Waals surface area contributed by atoms with E-state index in [4.69, 9.17) is 5.11 Å². The average molecular weight is 228 g/mol. The van der Waals surface area contributed by atoms with Gasteiger partial charge in [-0.25, -0.2) is 0 Å². The predicted molar refractivity (Wildman–Crippen MR) is 64.1 cm³/mol. The fourth-order valence-electron chi connectivity index (χ4n) is 1.51. The van der Waals surface area contributed by atoms with E-state index in [-0.39, 0.29) is 18.6 Å². The molecule has 3 N–H and O–H groups in total. The summed E-state index contributed by atoms with van der Waals surface area (Å²) in [6.07, 6.45) is 4.27. The molecule has 16 heavy (non-hydrogen) atoms. The van der Waals surface area contributed by atoms with Crippen LogP contribution in [0, 0.1) is 5.92 Å². The minimum Gasteiger partial charge on any atom is -0.396 e. The molecule has 0 aromatic heterocycles. The quantitative estimate of drug-likeness (QED) is 0.535. The van der Waals surface area contributed by atoms with E-state index < -0.39 is 0 Å². The first-order valence-electron chi connectivity index (χ1n) is 6.28. The van der Waals surface area contributed by atoms with Crippen molar-refractivity contribution in [2.75, 3.05) is 13.2 Å². The zero-order valence-electron chi connectivity index (χ0n) is 10.3. The van der Waals surface area contributed by atoms with E-state index in [9.17, 15) is 4.79 Å². The molecule has 1 amide bonds. The van der Waals surface area contributed by atoms with Gasteiger partial charge in [0.15, 0.2) is 0 Å². The number of amides is 1. The highest BCUT2D eigenvalue weighted by Gasteiger charge is 2.25. The lowest BCUT2D eigenvalue weighted by molar-refractivity contribution is -0.122. The average Bonchev–Trinajstić information content (AvgIpc) is 3.07. The number of carbonyl (C=O) groups excluding carboxylic acids is 1. The Morgan fingerprint density at radius 3 is 2.69 bits per heavy atom. The molecule has 1 saturated carbocycles. The Balaban J connectivity index is 2.00. The molecule has 4 nitrogen and oxygen atoms in total. The fourth-order valence-corrected chi connectivity index (χ4v) is 1.51. The van der Waals surface area contributed by atoms with Gasteiger partial charge in [-0.3, -0.25) is 4.79 Å². The summed E-state index contributed by atoms with van der Waals surface area (Å²) in [5.74, 6) is 0.468. The molecule has 0 aliphatic heterocycles. The van der Waals surface area contributed by atoms with Crippen molar-refractivity contribution in [3.05, 3.63) is 0 Å². The Bertz CT molecular complexity index is 217. The number of aliphatic hydroxyl groups is 1. The Morgan fingerprint density at radius 2 is 2.12 bits per heavy atom. The summed E-state index contributed by atoms with van der Waals surface area (Å²) in [7, 11) is 0. The molecule has 1 aliphatic rings. The van der Waals surface area contributed by atoms with Crippen molar-refractivity contribution in [1.29, 1.82) is 0 Å². The highest BCUT2D eigenvalue weighted by molar-refractivity contribution is 5.81. The van der Waals surface area contributed by atoms with Crippen LogP contribution < -0.4 is 10.6 Å². The monoisotopic (exact) mass is 228 g/mol. The van der Waals surface area contributed by atoms with Crippen molar-refractivity contribution in [1.82, 2.24) is 10.6 Å². The molecule has 0 radical (unpaired) electrons. The van der Waals surface area contributed by atoms with E-state index in [1.165, 1.54) is 0 Å². The molecule has 2 atom stereocenters. The molecule has 1 aliphatic carbocycles. The smallest absolute Gasteiger partial charge is 0.237 e. The number of aliphatic hydroxyl groups excluding tert-OH is 1. The second-order valence-electron chi connectivity index (χ2n) is 4.89. The maximum Gasteiger partial charge on any atom is 0.237 e. The third-order valence-electron chi connectivity index (χ3n) is 2.95. The lowest BCUT2D eigenvalue weighted by Gasteiger charge is -2.14. The molecule has 1 rings (SSSR count). The Kier molecular flexibility index (Phi) is 5.77. The summed E-state index contributed by atoms with van der Waals surface area (Å²) in [5.41, 5.74) is 0.